The first-order chi connectivity index (χ1) is 9.11. The van der Waals surface area contributed by atoms with E-state index in [1.807, 2.05) is 0 Å². The van der Waals surface area contributed by atoms with E-state index < -0.39 is 5.97 Å². The molecule has 1 heterocycles. The molecule has 0 bridgehead atoms. The van der Waals surface area contributed by atoms with Crippen LogP contribution in [0, 0.1) is 0 Å². The minimum atomic E-state index is -1.05. The maximum absolute atomic E-state index is 11.1. The molecule has 0 spiro atoms. The Hall–Kier alpha value is -2.76. The standard InChI is InChI=1S/C13H13N3O3/c1-19-11-6-5-8(7-15-11)16-12-9(13(17)18)3-2-4-10(12)14/h2-7,16H,14H2,1H3,(H,17,18). The number of aromatic nitrogens is 1. The number of aromatic carboxylic acids is 1. The molecule has 98 valence electrons. The highest BCUT2D eigenvalue weighted by atomic mass is 16.5. The van der Waals surface area contributed by atoms with Crippen LogP contribution in [0.3, 0.4) is 0 Å². The number of nitrogens with one attached hydrogen (secondary N) is 1. The maximum atomic E-state index is 11.1. The largest absolute Gasteiger partial charge is 0.481 e. The maximum Gasteiger partial charge on any atom is 0.337 e. The number of carbonyl (C=O) groups is 1. The van der Waals surface area contributed by atoms with E-state index in [-0.39, 0.29) is 5.56 Å². The second-order valence-electron chi connectivity index (χ2n) is 3.79. The summed E-state index contributed by atoms with van der Waals surface area (Å²) in [5.74, 6) is -0.568. The fourth-order valence-corrected chi connectivity index (χ4v) is 1.61. The molecule has 6 nitrogen and oxygen atoms in total. The molecule has 0 saturated heterocycles. The summed E-state index contributed by atoms with van der Waals surface area (Å²) in [6, 6.07) is 8.10. The fourth-order valence-electron chi connectivity index (χ4n) is 1.61. The summed E-state index contributed by atoms with van der Waals surface area (Å²) in [5.41, 5.74) is 7.23. The zero-order valence-electron chi connectivity index (χ0n) is 10.3. The fraction of sp³-hybridized carbons (Fsp3) is 0.0769. The van der Waals surface area contributed by atoms with Gasteiger partial charge in [-0.05, 0) is 18.2 Å². The van der Waals surface area contributed by atoms with E-state index in [2.05, 4.69) is 10.3 Å². The number of nitrogen functional groups attached to an aromatic ring is 1. The molecule has 0 fully saturated rings. The molecule has 2 rings (SSSR count). The van der Waals surface area contributed by atoms with Crippen LogP contribution in [0.15, 0.2) is 36.5 Å². The Morgan fingerprint density at radius 3 is 2.74 bits per heavy atom. The number of carboxylic acid groups (broad SMARTS) is 1. The molecule has 19 heavy (non-hydrogen) atoms. The third-order valence-corrected chi connectivity index (χ3v) is 2.54. The molecule has 2 aromatic rings. The average Bonchev–Trinajstić information content (AvgIpc) is 2.41. The number of benzene rings is 1. The topological polar surface area (TPSA) is 97.5 Å². The molecule has 4 N–H and O–H groups in total. The molecule has 0 amide bonds. The SMILES string of the molecule is COc1ccc(Nc2c(N)cccc2C(=O)O)cn1. The van der Waals surface area contributed by atoms with Gasteiger partial charge in [0.1, 0.15) is 0 Å². The minimum Gasteiger partial charge on any atom is -0.481 e. The van der Waals surface area contributed by atoms with Gasteiger partial charge in [-0.25, -0.2) is 9.78 Å². The zero-order chi connectivity index (χ0) is 13.8. The molecule has 0 aliphatic carbocycles. The molecule has 0 radical (unpaired) electrons. The van der Waals surface area contributed by atoms with Crippen LogP contribution in [0.25, 0.3) is 0 Å². The molecule has 0 aliphatic heterocycles. The number of nitrogens with zero attached hydrogens (tertiary/aromatic N) is 1. The van der Waals surface area contributed by atoms with Crippen molar-refractivity contribution in [3.05, 3.63) is 42.1 Å². The number of anilines is 3. The molecular formula is C13H13N3O3. The number of ether oxygens (including phenoxy) is 1. The highest BCUT2D eigenvalue weighted by Gasteiger charge is 2.12. The summed E-state index contributed by atoms with van der Waals surface area (Å²) in [4.78, 5) is 15.2. The van der Waals surface area contributed by atoms with Gasteiger partial charge in [0, 0.05) is 6.07 Å². The lowest BCUT2D eigenvalue weighted by Crippen LogP contribution is -2.05. The van der Waals surface area contributed by atoms with Gasteiger partial charge in [0.25, 0.3) is 0 Å². The van der Waals surface area contributed by atoms with E-state index in [1.54, 1.807) is 24.3 Å². The average molecular weight is 259 g/mol. The Labute approximate surface area is 109 Å². The van der Waals surface area contributed by atoms with Crippen molar-refractivity contribution in [3.8, 4) is 5.88 Å². The monoisotopic (exact) mass is 259 g/mol. The Kier molecular flexibility index (Phi) is 3.51. The van der Waals surface area contributed by atoms with E-state index in [4.69, 9.17) is 15.6 Å². The van der Waals surface area contributed by atoms with Crippen molar-refractivity contribution in [2.24, 2.45) is 0 Å². The van der Waals surface area contributed by atoms with E-state index in [0.29, 0.717) is 22.9 Å². The summed E-state index contributed by atoms with van der Waals surface area (Å²) < 4.78 is 4.95. The van der Waals surface area contributed by atoms with Crippen LogP contribution < -0.4 is 15.8 Å². The predicted molar refractivity (Wildman–Crippen MR) is 71.9 cm³/mol. The minimum absolute atomic E-state index is 0.107. The van der Waals surface area contributed by atoms with Crippen LogP contribution in [-0.2, 0) is 0 Å². The summed E-state index contributed by atoms with van der Waals surface area (Å²) in [7, 11) is 1.52. The highest BCUT2D eigenvalue weighted by Crippen LogP contribution is 2.27. The van der Waals surface area contributed by atoms with Crippen LogP contribution in [0.5, 0.6) is 5.88 Å². The number of rotatable bonds is 4. The molecular weight excluding hydrogens is 246 g/mol. The third-order valence-electron chi connectivity index (χ3n) is 2.54. The van der Waals surface area contributed by atoms with Crippen molar-refractivity contribution in [3.63, 3.8) is 0 Å². The lowest BCUT2D eigenvalue weighted by Gasteiger charge is -2.12. The summed E-state index contributed by atoms with van der Waals surface area (Å²) >= 11 is 0. The van der Waals surface area contributed by atoms with Crippen LogP contribution in [0.4, 0.5) is 17.1 Å². The molecule has 6 heteroatoms. The first kappa shape index (κ1) is 12.7. The van der Waals surface area contributed by atoms with Crippen LogP contribution in [-0.4, -0.2) is 23.2 Å². The highest BCUT2D eigenvalue weighted by molar-refractivity contribution is 5.98. The molecule has 0 atom stereocenters. The van der Waals surface area contributed by atoms with Crippen LogP contribution in [0.1, 0.15) is 10.4 Å². The van der Waals surface area contributed by atoms with Crippen molar-refractivity contribution < 1.29 is 14.6 Å². The Morgan fingerprint density at radius 2 is 2.16 bits per heavy atom. The number of pyridine rings is 1. The van der Waals surface area contributed by atoms with Gasteiger partial charge < -0.3 is 20.9 Å². The zero-order valence-corrected chi connectivity index (χ0v) is 10.3. The number of para-hydroxylation sites is 1. The van der Waals surface area contributed by atoms with Gasteiger partial charge in [0.2, 0.25) is 5.88 Å². The lowest BCUT2D eigenvalue weighted by atomic mass is 10.1. The molecule has 0 unspecified atom stereocenters. The second-order valence-corrected chi connectivity index (χ2v) is 3.79. The van der Waals surface area contributed by atoms with E-state index in [1.165, 1.54) is 19.4 Å². The number of hydrogen-bond donors (Lipinski definition) is 3. The van der Waals surface area contributed by atoms with Crippen molar-refractivity contribution in [1.29, 1.82) is 0 Å². The quantitative estimate of drug-likeness (QED) is 0.727. The van der Waals surface area contributed by atoms with E-state index >= 15 is 0 Å². The van der Waals surface area contributed by atoms with Gasteiger partial charge in [0.05, 0.1) is 35.9 Å². The first-order valence-electron chi connectivity index (χ1n) is 5.50. The summed E-state index contributed by atoms with van der Waals surface area (Å²) in [5, 5.41) is 12.1. The van der Waals surface area contributed by atoms with E-state index in [9.17, 15) is 4.79 Å². The van der Waals surface area contributed by atoms with Gasteiger partial charge in [0.15, 0.2) is 0 Å². The van der Waals surface area contributed by atoms with Crippen molar-refractivity contribution in [2.45, 2.75) is 0 Å². The van der Waals surface area contributed by atoms with Gasteiger partial charge >= 0.3 is 5.97 Å². The van der Waals surface area contributed by atoms with Crippen molar-refractivity contribution in [1.82, 2.24) is 4.98 Å². The smallest absolute Gasteiger partial charge is 0.337 e. The predicted octanol–water partition coefficient (Wildman–Crippen LogP) is 2.11. The second kappa shape index (κ2) is 5.26. The number of nitrogens with two attached hydrogens (primary N) is 1. The van der Waals surface area contributed by atoms with Crippen LogP contribution in [0.2, 0.25) is 0 Å². The van der Waals surface area contributed by atoms with E-state index in [0.717, 1.165) is 0 Å². The third kappa shape index (κ3) is 2.74. The van der Waals surface area contributed by atoms with Gasteiger partial charge in [-0.2, -0.15) is 0 Å². The molecule has 0 aliphatic rings. The van der Waals surface area contributed by atoms with Crippen molar-refractivity contribution in [2.75, 3.05) is 18.2 Å². The Morgan fingerprint density at radius 1 is 1.37 bits per heavy atom. The van der Waals surface area contributed by atoms with Gasteiger partial charge in [-0.1, -0.05) is 6.07 Å². The summed E-state index contributed by atoms with van der Waals surface area (Å²) in [6.45, 7) is 0. The van der Waals surface area contributed by atoms with Gasteiger partial charge in [-0.15, -0.1) is 0 Å². The number of carboxylic acids is 1. The van der Waals surface area contributed by atoms with Gasteiger partial charge in [-0.3, -0.25) is 0 Å². The number of hydrogen-bond acceptors (Lipinski definition) is 5. The van der Waals surface area contributed by atoms with Crippen molar-refractivity contribution >= 4 is 23.0 Å². The van der Waals surface area contributed by atoms with Crippen LogP contribution >= 0.6 is 0 Å². The lowest BCUT2D eigenvalue weighted by molar-refractivity contribution is 0.0698. The molecule has 1 aromatic heterocycles. The normalized spacial score (nSPS) is 9.95. The summed E-state index contributed by atoms with van der Waals surface area (Å²) in [6.07, 6.45) is 1.54. The Balaban J connectivity index is 2.34. The number of methoxy groups -OCH3 is 1. The Bertz CT molecular complexity index is 597. The molecule has 1 aromatic carbocycles. The molecule has 0 saturated carbocycles. The first-order valence-corrected chi connectivity index (χ1v) is 5.50.